The Morgan fingerprint density at radius 3 is 2.36 bits per heavy atom. The fourth-order valence-electron chi connectivity index (χ4n) is 10.9. The van der Waals surface area contributed by atoms with Crippen LogP contribution in [-0.2, 0) is 45.4 Å². The fraction of sp³-hybridized carbons (Fsp3) is 0.380. The summed E-state index contributed by atoms with van der Waals surface area (Å²) in [5.41, 5.74) is 1.25. The van der Waals surface area contributed by atoms with Gasteiger partial charge in [-0.3, -0.25) is 44.2 Å². The monoisotopic (exact) mass is 981 g/mol. The van der Waals surface area contributed by atoms with Crippen molar-refractivity contribution < 1.29 is 47.4 Å². The van der Waals surface area contributed by atoms with E-state index in [4.69, 9.17) is 32.7 Å². The maximum Gasteiger partial charge on any atom is 0.255 e. The highest BCUT2D eigenvalue weighted by molar-refractivity contribution is 6.31. The number of hydrogen-bond acceptors (Lipinski definition) is 10. The lowest BCUT2D eigenvalue weighted by Crippen LogP contribution is -2.60. The number of imide groups is 1. The Kier molecular flexibility index (Phi) is 13.9. The number of nitrogens with zero attached hydrogens (tertiary/aromatic N) is 1. The molecule has 16 nitrogen and oxygen atoms in total. The van der Waals surface area contributed by atoms with Crippen molar-refractivity contribution in [2.45, 2.75) is 86.9 Å². The maximum absolute atomic E-state index is 16.2. The highest BCUT2D eigenvalue weighted by Gasteiger charge is 2.72. The minimum atomic E-state index is -1.37. The van der Waals surface area contributed by atoms with Gasteiger partial charge in [0.15, 0.2) is 0 Å². The number of halogens is 3. The summed E-state index contributed by atoms with van der Waals surface area (Å²) in [6.45, 7) is 1.05. The van der Waals surface area contributed by atoms with E-state index in [1.165, 1.54) is 11.0 Å². The Balaban J connectivity index is 0.741. The lowest BCUT2D eigenvalue weighted by Gasteiger charge is -2.47. The standard InChI is InChI=1S/C50H50Cl2FN7O9/c51-29-12-15-34-37(26-29)57-48(67)50(34)41(32-7-4-8-35(52)42(32)53)43(59-49(50)19-2-1-3-20-49)46(65)55-30-13-10-28(11-14-30)44(63)54-21-23-69-25-24-68-22-18-40(62)56-36-9-5-6-31-33(36)27-60(47(31)66)38-16-17-39(61)58-45(38)64/h4-15,26,38,41,43,59H,1-3,16-25,27H2,(H,54,63)(H,55,65)(H,56,62)(H,57,67)(H,58,61,64)/t38?,41-,43+,50+/m0/s1. The van der Waals surface area contributed by atoms with Gasteiger partial charge in [0.25, 0.3) is 11.8 Å². The molecule has 0 bridgehead atoms. The largest absolute Gasteiger partial charge is 0.379 e. The molecule has 2 spiro atoms. The van der Waals surface area contributed by atoms with Crippen LogP contribution in [0.5, 0.6) is 0 Å². The number of anilines is 3. The van der Waals surface area contributed by atoms with Gasteiger partial charge in [0.05, 0.1) is 43.9 Å². The lowest BCUT2D eigenvalue weighted by molar-refractivity contribution is -0.137. The molecule has 19 heteroatoms. The molecular weight excluding hydrogens is 932 g/mol. The molecule has 4 aromatic carbocycles. The predicted octanol–water partition coefficient (Wildman–Crippen LogP) is 5.97. The van der Waals surface area contributed by atoms with E-state index < -0.39 is 46.6 Å². The summed E-state index contributed by atoms with van der Waals surface area (Å²) in [5.74, 6) is -4.41. The first-order chi connectivity index (χ1) is 33.3. The molecule has 0 aromatic heterocycles. The molecule has 9 rings (SSSR count). The zero-order chi connectivity index (χ0) is 48.5. The van der Waals surface area contributed by atoms with Crippen molar-refractivity contribution in [3.8, 4) is 0 Å². The minimum absolute atomic E-state index is 0.0409. The van der Waals surface area contributed by atoms with Crippen molar-refractivity contribution in [3.63, 3.8) is 0 Å². The Morgan fingerprint density at radius 2 is 1.59 bits per heavy atom. The van der Waals surface area contributed by atoms with E-state index in [0.717, 1.165) is 19.3 Å². The quantitative estimate of drug-likeness (QED) is 0.0607. The summed E-state index contributed by atoms with van der Waals surface area (Å²) >= 11 is 12.8. The highest BCUT2D eigenvalue weighted by atomic mass is 35.5. The molecule has 7 amide bonds. The Bertz CT molecular complexity index is 2730. The van der Waals surface area contributed by atoms with Crippen molar-refractivity contribution in [3.05, 3.63) is 123 Å². The first kappa shape index (κ1) is 47.8. The van der Waals surface area contributed by atoms with Crippen molar-refractivity contribution in [1.29, 1.82) is 0 Å². The van der Waals surface area contributed by atoms with Crippen LogP contribution in [0.2, 0.25) is 10.0 Å². The molecule has 5 aliphatic rings. The summed E-state index contributed by atoms with van der Waals surface area (Å²) in [5, 5.41) is 17.8. The van der Waals surface area contributed by atoms with E-state index in [2.05, 4.69) is 31.9 Å². The van der Waals surface area contributed by atoms with E-state index in [9.17, 15) is 33.6 Å². The number of piperidine rings is 1. The van der Waals surface area contributed by atoms with Gasteiger partial charge in [-0.15, -0.1) is 0 Å². The number of fused-ring (bicyclic) bond motifs is 4. The van der Waals surface area contributed by atoms with Gasteiger partial charge in [-0.25, -0.2) is 4.39 Å². The molecule has 6 N–H and O–H groups in total. The topological polar surface area (TPSA) is 213 Å². The number of benzene rings is 4. The number of hydrogen-bond donors (Lipinski definition) is 6. The third kappa shape index (κ3) is 9.09. The number of carbonyl (C=O) groups excluding carboxylic acids is 7. The zero-order valence-electron chi connectivity index (χ0n) is 37.4. The molecule has 360 valence electrons. The molecule has 4 aromatic rings. The number of nitrogens with one attached hydrogen (secondary N) is 6. The van der Waals surface area contributed by atoms with Crippen LogP contribution >= 0.6 is 23.2 Å². The van der Waals surface area contributed by atoms with E-state index in [1.807, 2.05) is 0 Å². The van der Waals surface area contributed by atoms with Gasteiger partial charge in [0, 0.05) is 69.7 Å². The molecule has 3 fully saturated rings. The second kappa shape index (κ2) is 20.0. The van der Waals surface area contributed by atoms with Crippen LogP contribution in [0, 0.1) is 5.82 Å². The summed E-state index contributed by atoms with van der Waals surface area (Å²) in [4.78, 5) is 93.4. The molecule has 1 aliphatic carbocycles. The molecule has 69 heavy (non-hydrogen) atoms. The SMILES string of the molecule is O=C1CCC(N2Cc3c(NC(=O)CCOCCOCCNC(=O)c4ccc(NC(=O)[C@@H]5NC6(CCCCC6)[C@@]6(C(=O)Nc7cc(Cl)ccc76)[C@H]5c5cccc(Cl)c5F)cc4)cccc3C2=O)C(=O)N1. The van der Waals surface area contributed by atoms with E-state index >= 15 is 4.39 Å². The van der Waals surface area contributed by atoms with Crippen LogP contribution in [0.15, 0.2) is 78.9 Å². The first-order valence-electron chi connectivity index (χ1n) is 23.1. The van der Waals surface area contributed by atoms with Gasteiger partial charge >= 0.3 is 0 Å². The zero-order valence-corrected chi connectivity index (χ0v) is 38.9. The summed E-state index contributed by atoms with van der Waals surface area (Å²) in [6, 6.07) is 19.3. The Hall–Kier alpha value is -6.24. The average Bonchev–Trinajstić information content (AvgIpc) is 3.93. The number of amides is 7. The van der Waals surface area contributed by atoms with Gasteiger partial charge in [-0.2, -0.15) is 0 Å². The van der Waals surface area contributed by atoms with Crippen molar-refractivity contribution in [2.24, 2.45) is 0 Å². The van der Waals surface area contributed by atoms with Gasteiger partial charge < -0.3 is 35.6 Å². The highest BCUT2D eigenvalue weighted by Crippen LogP contribution is 2.63. The molecular formula is C50H50Cl2FN7O9. The van der Waals surface area contributed by atoms with Gasteiger partial charge in [0.1, 0.15) is 17.3 Å². The Morgan fingerprint density at radius 1 is 0.841 bits per heavy atom. The second-order valence-corrected chi connectivity index (χ2v) is 18.8. The second-order valence-electron chi connectivity index (χ2n) is 17.9. The van der Waals surface area contributed by atoms with Crippen molar-refractivity contribution in [1.82, 2.24) is 20.9 Å². The van der Waals surface area contributed by atoms with Crippen LogP contribution in [-0.4, -0.2) is 96.8 Å². The summed E-state index contributed by atoms with van der Waals surface area (Å²) < 4.78 is 27.4. The number of rotatable bonds is 15. The lowest BCUT2D eigenvalue weighted by atomic mass is 9.55. The normalized spacial score (nSPS) is 22.3. The van der Waals surface area contributed by atoms with Gasteiger partial charge in [0.2, 0.25) is 29.5 Å². The van der Waals surface area contributed by atoms with Crippen LogP contribution in [0.4, 0.5) is 21.5 Å². The molecule has 1 saturated carbocycles. The minimum Gasteiger partial charge on any atom is -0.379 e. The van der Waals surface area contributed by atoms with Gasteiger partial charge in [-0.05, 0) is 85.0 Å². The van der Waals surface area contributed by atoms with Crippen LogP contribution in [0.3, 0.4) is 0 Å². The Labute approximate surface area is 406 Å². The summed E-state index contributed by atoms with van der Waals surface area (Å²) in [6.07, 6.45) is 4.15. The van der Waals surface area contributed by atoms with Crippen LogP contribution in [0.1, 0.15) is 94.7 Å². The molecule has 4 aliphatic heterocycles. The van der Waals surface area contributed by atoms with E-state index in [-0.39, 0.29) is 98.9 Å². The maximum atomic E-state index is 16.2. The van der Waals surface area contributed by atoms with Crippen molar-refractivity contribution >= 4 is 81.6 Å². The third-order valence-corrected chi connectivity index (χ3v) is 14.5. The van der Waals surface area contributed by atoms with Gasteiger partial charge in [-0.1, -0.05) is 66.7 Å². The average molecular weight is 983 g/mol. The molecule has 0 radical (unpaired) electrons. The first-order valence-corrected chi connectivity index (χ1v) is 23.8. The molecule has 4 atom stereocenters. The number of carbonyl (C=O) groups is 7. The predicted molar refractivity (Wildman–Crippen MR) is 253 cm³/mol. The molecule has 2 saturated heterocycles. The molecule has 1 unspecified atom stereocenters. The van der Waals surface area contributed by atoms with E-state index in [0.29, 0.717) is 57.2 Å². The van der Waals surface area contributed by atoms with Crippen LogP contribution in [0.25, 0.3) is 0 Å². The number of ether oxygens (including phenoxy) is 2. The van der Waals surface area contributed by atoms with E-state index in [1.54, 1.807) is 72.8 Å². The van der Waals surface area contributed by atoms with Crippen LogP contribution < -0.4 is 31.9 Å². The third-order valence-electron chi connectivity index (χ3n) is 14.0. The summed E-state index contributed by atoms with van der Waals surface area (Å²) in [7, 11) is 0. The molecule has 4 heterocycles. The van der Waals surface area contributed by atoms with Crippen molar-refractivity contribution in [2.75, 3.05) is 48.9 Å². The fourth-order valence-corrected chi connectivity index (χ4v) is 11.2. The smallest absolute Gasteiger partial charge is 0.255 e.